The first-order valence-corrected chi connectivity index (χ1v) is 2.77. The highest BCUT2D eigenvalue weighted by molar-refractivity contribution is 6.17. The number of hydrogen-bond donors (Lipinski definition) is 0. The fourth-order valence-electron chi connectivity index (χ4n) is 0.399. The molecule has 9 heavy (non-hydrogen) atoms. The fourth-order valence-corrected chi connectivity index (χ4v) is 0.537. The van der Waals surface area contributed by atoms with Gasteiger partial charge in [0, 0.05) is 18.0 Å². The predicted octanol–water partition coefficient (Wildman–Crippen LogP) is 1.64. The molecule has 0 unspecified atom stereocenters. The van der Waals surface area contributed by atoms with Crippen molar-refractivity contribution < 1.29 is 0 Å². The average Bonchev–Trinajstić information content (AvgIpc) is 1.90. The SMILES string of the molecule is Cl.ClCc1cncnc1. The number of rotatable bonds is 1. The normalized spacial score (nSPS) is 8.11. The number of nitrogens with zero attached hydrogens (tertiary/aromatic N) is 2. The fraction of sp³-hybridized carbons (Fsp3) is 0.200. The summed E-state index contributed by atoms with van der Waals surface area (Å²) >= 11 is 5.45. The first kappa shape index (κ1) is 8.66. The van der Waals surface area contributed by atoms with E-state index in [-0.39, 0.29) is 12.4 Å². The number of alkyl halides is 1. The van der Waals surface area contributed by atoms with Crippen LogP contribution in [0.2, 0.25) is 0 Å². The molecule has 0 saturated carbocycles. The van der Waals surface area contributed by atoms with E-state index in [0.29, 0.717) is 5.88 Å². The van der Waals surface area contributed by atoms with Gasteiger partial charge in [0.05, 0.1) is 5.88 Å². The molecule has 0 aliphatic rings. The van der Waals surface area contributed by atoms with E-state index in [2.05, 4.69) is 9.97 Å². The zero-order valence-electron chi connectivity index (χ0n) is 4.62. The van der Waals surface area contributed by atoms with Crippen molar-refractivity contribution in [2.24, 2.45) is 0 Å². The third kappa shape index (κ3) is 2.63. The monoisotopic (exact) mass is 164 g/mol. The summed E-state index contributed by atoms with van der Waals surface area (Å²) in [7, 11) is 0. The summed E-state index contributed by atoms with van der Waals surface area (Å²) in [6.07, 6.45) is 4.87. The summed E-state index contributed by atoms with van der Waals surface area (Å²) in [5.74, 6) is 0.487. The molecule has 0 spiro atoms. The van der Waals surface area contributed by atoms with Gasteiger partial charge in [0.2, 0.25) is 0 Å². The maximum Gasteiger partial charge on any atom is 0.115 e. The topological polar surface area (TPSA) is 25.8 Å². The number of hydrogen-bond acceptors (Lipinski definition) is 2. The van der Waals surface area contributed by atoms with Crippen LogP contribution in [0.3, 0.4) is 0 Å². The molecule has 0 aromatic carbocycles. The van der Waals surface area contributed by atoms with Crippen LogP contribution in [0.15, 0.2) is 18.7 Å². The second-order valence-corrected chi connectivity index (χ2v) is 1.65. The lowest BCUT2D eigenvalue weighted by molar-refractivity contribution is 1.12. The van der Waals surface area contributed by atoms with Gasteiger partial charge in [0.15, 0.2) is 0 Å². The molecule has 0 radical (unpaired) electrons. The molecule has 0 saturated heterocycles. The summed E-state index contributed by atoms with van der Waals surface area (Å²) in [5, 5.41) is 0. The Balaban J connectivity index is 0.000000640. The predicted molar refractivity (Wildman–Crippen MR) is 38.8 cm³/mol. The first-order valence-electron chi connectivity index (χ1n) is 2.23. The minimum atomic E-state index is 0. The zero-order valence-corrected chi connectivity index (χ0v) is 6.19. The summed E-state index contributed by atoms with van der Waals surface area (Å²) in [5.41, 5.74) is 0.953. The Labute approximate surface area is 64.7 Å². The molecule has 2 nitrogen and oxygen atoms in total. The quantitative estimate of drug-likeness (QED) is 0.591. The molecule has 0 fully saturated rings. The Morgan fingerprint density at radius 2 is 1.89 bits per heavy atom. The summed E-state index contributed by atoms with van der Waals surface area (Å²) < 4.78 is 0. The van der Waals surface area contributed by atoms with Crippen molar-refractivity contribution >= 4 is 24.0 Å². The number of halogens is 2. The lowest BCUT2D eigenvalue weighted by Gasteiger charge is -1.86. The smallest absolute Gasteiger partial charge is 0.115 e. The second kappa shape index (κ2) is 4.53. The standard InChI is InChI=1S/C5H5ClN2.ClH/c6-1-5-2-7-4-8-3-5;/h2-4H,1H2;1H. The maximum absolute atomic E-state index is 5.45. The van der Waals surface area contributed by atoms with Crippen LogP contribution in [0.1, 0.15) is 5.56 Å². The molecular formula is C5H6Cl2N2. The second-order valence-electron chi connectivity index (χ2n) is 1.38. The lowest BCUT2D eigenvalue weighted by Crippen LogP contribution is -1.80. The Morgan fingerprint density at radius 1 is 1.33 bits per heavy atom. The highest BCUT2D eigenvalue weighted by Crippen LogP contribution is 1.95. The Bertz CT molecular complexity index is 154. The van der Waals surface area contributed by atoms with Gasteiger partial charge in [0.1, 0.15) is 6.33 Å². The minimum Gasteiger partial charge on any atom is -0.244 e. The molecule has 0 aliphatic carbocycles. The largest absolute Gasteiger partial charge is 0.244 e. The Hall–Kier alpha value is -0.340. The van der Waals surface area contributed by atoms with Gasteiger partial charge < -0.3 is 0 Å². The number of aromatic nitrogens is 2. The molecule has 0 amide bonds. The third-order valence-electron chi connectivity index (χ3n) is 0.768. The molecule has 1 heterocycles. The van der Waals surface area contributed by atoms with Gasteiger partial charge >= 0.3 is 0 Å². The molecule has 0 N–H and O–H groups in total. The summed E-state index contributed by atoms with van der Waals surface area (Å²) in [4.78, 5) is 7.52. The van der Waals surface area contributed by atoms with Crippen molar-refractivity contribution in [2.45, 2.75) is 5.88 Å². The van der Waals surface area contributed by atoms with Crippen LogP contribution >= 0.6 is 24.0 Å². The molecule has 0 aliphatic heterocycles. The van der Waals surface area contributed by atoms with E-state index in [0.717, 1.165) is 5.56 Å². The van der Waals surface area contributed by atoms with Crippen LogP contribution in [0.25, 0.3) is 0 Å². The summed E-state index contributed by atoms with van der Waals surface area (Å²) in [6, 6.07) is 0. The van der Waals surface area contributed by atoms with Crippen LogP contribution < -0.4 is 0 Å². The molecule has 50 valence electrons. The van der Waals surface area contributed by atoms with Crippen molar-refractivity contribution in [1.29, 1.82) is 0 Å². The van der Waals surface area contributed by atoms with Gasteiger partial charge in [-0.1, -0.05) is 0 Å². The molecule has 4 heteroatoms. The lowest BCUT2D eigenvalue weighted by atomic mass is 10.4. The van der Waals surface area contributed by atoms with E-state index >= 15 is 0 Å². The van der Waals surface area contributed by atoms with Gasteiger partial charge in [-0.2, -0.15) is 0 Å². The Morgan fingerprint density at radius 3 is 2.22 bits per heavy atom. The van der Waals surface area contributed by atoms with Crippen molar-refractivity contribution in [1.82, 2.24) is 9.97 Å². The van der Waals surface area contributed by atoms with Crippen molar-refractivity contribution in [3.63, 3.8) is 0 Å². The third-order valence-corrected chi connectivity index (χ3v) is 1.08. The zero-order chi connectivity index (χ0) is 5.82. The maximum atomic E-state index is 5.45. The highest BCUT2D eigenvalue weighted by Gasteiger charge is 1.84. The molecular weight excluding hydrogens is 159 g/mol. The van der Waals surface area contributed by atoms with Gasteiger partial charge in [-0.3, -0.25) is 0 Å². The van der Waals surface area contributed by atoms with Crippen LogP contribution in [-0.2, 0) is 5.88 Å². The van der Waals surface area contributed by atoms with E-state index in [1.165, 1.54) is 6.33 Å². The Kier molecular flexibility index (Phi) is 4.36. The molecule has 1 aromatic heterocycles. The molecule has 1 rings (SSSR count). The van der Waals surface area contributed by atoms with E-state index in [1.54, 1.807) is 12.4 Å². The molecule has 0 bridgehead atoms. The van der Waals surface area contributed by atoms with Crippen LogP contribution in [0.4, 0.5) is 0 Å². The van der Waals surface area contributed by atoms with Gasteiger partial charge in [-0.15, -0.1) is 24.0 Å². The van der Waals surface area contributed by atoms with Crippen LogP contribution in [0.5, 0.6) is 0 Å². The molecule has 0 atom stereocenters. The van der Waals surface area contributed by atoms with Gasteiger partial charge in [-0.05, 0) is 0 Å². The van der Waals surface area contributed by atoms with Crippen molar-refractivity contribution in [2.75, 3.05) is 0 Å². The first-order chi connectivity index (χ1) is 3.93. The molecule has 1 aromatic rings. The van der Waals surface area contributed by atoms with E-state index < -0.39 is 0 Å². The van der Waals surface area contributed by atoms with Gasteiger partial charge in [-0.25, -0.2) is 9.97 Å². The van der Waals surface area contributed by atoms with Crippen molar-refractivity contribution in [3.8, 4) is 0 Å². The average molecular weight is 165 g/mol. The van der Waals surface area contributed by atoms with E-state index in [9.17, 15) is 0 Å². The van der Waals surface area contributed by atoms with E-state index in [4.69, 9.17) is 11.6 Å². The minimum absolute atomic E-state index is 0. The van der Waals surface area contributed by atoms with Crippen LogP contribution in [-0.4, -0.2) is 9.97 Å². The van der Waals surface area contributed by atoms with Gasteiger partial charge in [0.25, 0.3) is 0 Å². The highest BCUT2D eigenvalue weighted by atomic mass is 35.5. The summed E-state index contributed by atoms with van der Waals surface area (Å²) in [6.45, 7) is 0. The van der Waals surface area contributed by atoms with E-state index in [1.807, 2.05) is 0 Å². The van der Waals surface area contributed by atoms with Crippen LogP contribution in [0, 0.1) is 0 Å². The van der Waals surface area contributed by atoms with Crippen molar-refractivity contribution in [3.05, 3.63) is 24.3 Å².